The van der Waals surface area contributed by atoms with Crippen molar-refractivity contribution in [3.8, 4) is 69.7 Å². The van der Waals surface area contributed by atoms with Crippen LogP contribution in [0.4, 0.5) is 5.69 Å². The van der Waals surface area contributed by atoms with E-state index < -0.39 is 13.2 Å². The van der Waals surface area contributed by atoms with Gasteiger partial charge >= 0.3 is 0 Å². The molecule has 0 unspecified atom stereocenters. The lowest BCUT2D eigenvalue weighted by Crippen LogP contribution is -2.42. The number of amides is 2. The van der Waals surface area contributed by atoms with Crippen molar-refractivity contribution < 1.29 is 52.6 Å². The highest BCUT2D eigenvalue weighted by Gasteiger charge is 2.59. The zero-order chi connectivity index (χ0) is 40.8. The summed E-state index contributed by atoms with van der Waals surface area (Å²) >= 11 is 0. The van der Waals surface area contributed by atoms with Gasteiger partial charge < -0.3 is 53.6 Å². The van der Waals surface area contributed by atoms with Gasteiger partial charge in [-0.15, -0.1) is 0 Å². The van der Waals surface area contributed by atoms with Gasteiger partial charge in [0.05, 0.1) is 56.9 Å². The van der Waals surface area contributed by atoms with Crippen molar-refractivity contribution in [2.45, 2.75) is 12.8 Å². The van der Waals surface area contributed by atoms with Crippen molar-refractivity contribution >= 4 is 40.7 Å². The summed E-state index contributed by atoms with van der Waals surface area (Å²) in [4.78, 5) is 27.4. The van der Waals surface area contributed by atoms with E-state index in [-0.39, 0.29) is 64.8 Å². The summed E-state index contributed by atoms with van der Waals surface area (Å²) in [5.74, 6) is 6.52. The van der Waals surface area contributed by atoms with Gasteiger partial charge in [0.2, 0.25) is 5.91 Å². The Labute approximate surface area is 326 Å². The molecule has 0 radical (unpaired) electrons. The van der Waals surface area contributed by atoms with Crippen LogP contribution in [0.1, 0.15) is 18.4 Å². The third-order valence-corrected chi connectivity index (χ3v) is 13.1. The van der Waals surface area contributed by atoms with Crippen LogP contribution in [0, 0.1) is 23.2 Å². The SMILES string of the molecule is COc1cc(O)c([P+](CC(=O)NCCCC(=O)Nc2ccc(C#CC#N)cc2)(c2c(OC)cc(OC)cc2OC)c2c(OC)cc(OC)cc2OC)c(OC)c1. The molecule has 4 rings (SSSR count). The Morgan fingerprint density at radius 1 is 0.643 bits per heavy atom. The molecule has 0 bridgehead atoms. The molecule has 2 amide bonds. The minimum absolute atomic E-state index is 0.101. The summed E-state index contributed by atoms with van der Waals surface area (Å²) < 4.78 is 46.7. The number of phenols is 1. The van der Waals surface area contributed by atoms with Gasteiger partial charge in [0.15, 0.2) is 62.6 Å². The number of nitriles is 1. The maximum atomic E-state index is 14.5. The molecular weight excluding hydrogens is 741 g/mol. The monoisotopic (exact) mass is 786 g/mol. The van der Waals surface area contributed by atoms with Crippen molar-refractivity contribution in [3.05, 3.63) is 66.2 Å². The van der Waals surface area contributed by atoms with Gasteiger partial charge in [-0.1, -0.05) is 5.92 Å². The Morgan fingerprint density at radius 3 is 1.52 bits per heavy atom. The van der Waals surface area contributed by atoms with Crippen LogP contribution in [-0.4, -0.2) is 86.5 Å². The minimum Gasteiger partial charge on any atom is -0.504 e. The minimum atomic E-state index is -3.69. The van der Waals surface area contributed by atoms with Crippen LogP contribution in [0.2, 0.25) is 0 Å². The van der Waals surface area contributed by atoms with Crippen molar-refractivity contribution in [1.82, 2.24) is 5.32 Å². The molecule has 56 heavy (non-hydrogen) atoms. The van der Waals surface area contributed by atoms with Crippen molar-refractivity contribution in [2.75, 3.05) is 74.9 Å². The van der Waals surface area contributed by atoms with E-state index in [2.05, 4.69) is 22.5 Å². The highest BCUT2D eigenvalue weighted by atomic mass is 31.2. The number of methoxy groups -OCH3 is 8. The normalized spacial score (nSPS) is 10.5. The van der Waals surface area contributed by atoms with E-state index >= 15 is 0 Å². The van der Waals surface area contributed by atoms with Gasteiger partial charge in [0, 0.05) is 66.5 Å². The molecule has 0 spiro atoms. The number of hydrogen-bond acceptors (Lipinski definition) is 12. The first-order valence-electron chi connectivity index (χ1n) is 17.1. The average Bonchev–Trinajstić information content (AvgIpc) is 3.22. The summed E-state index contributed by atoms with van der Waals surface area (Å²) in [6.07, 6.45) is 0.106. The maximum absolute atomic E-state index is 14.5. The van der Waals surface area contributed by atoms with Gasteiger partial charge in [0.25, 0.3) is 5.91 Å². The topological polar surface area (TPSA) is 176 Å². The molecule has 0 aliphatic heterocycles. The number of ether oxygens (including phenoxy) is 8. The molecule has 3 N–H and O–H groups in total. The summed E-state index contributed by atoms with van der Waals surface area (Å²) in [5, 5.41) is 27.6. The lowest BCUT2D eigenvalue weighted by atomic mass is 10.2. The number of phenolic OH excluding ortho intramolecular Hbond substituents is 1. The second-order valence-electron chi connectivity index (χ2n) is 11.9. The Kier molecular flexibility index (Phi) is 14.9. The van der Waals surface area contributed by atoms with Gasteiger partial charge in [-0.25, -0.2) is 0 Å². The second-order valence-corrected chi connectivity index (χ2v) is 15.1. The Hall–Kier alpha value is -6.50. The molecule has 4 aromatic carbocycles. The summed E-state index contributed by atoms with van der Waals surface area (Å²) in [5.41, 5.74) is 1.20. The van der Waals surface area contributed by atoms with Crippen LogP contribution in [0.3, 0.4) is 0 Å². The highest BCUT2D eigenvalue weighted by molar-refractivity contribution is 7.97. The van der Waals surface area contributed by atoms with Crippen molar-refractivity contribution in [1.29, 1.82) is 5.26 Å². The van der Waals surface area contributed by atoms with Gasteiger partial charge in [-0.05, 0) is 30.7 Å². The maximum Gasteiger partial charge on any atom is 0.258 e. The predicted molar refractivity (Wildman–Crippen MR) is 214 cm³/mol. The first kappa shape index (κ1) is 42.2. The first-order chi connectivity index (χ1) is 27.1. The van der Waals surface area contributed by atoms with E-state index in [0.29, 0.717) is 45.5 Å². The highest BCUT2D eigenvalue weighted by Crippen LogP contribution is 2.66. The molecule has 4 aromatic rings. The van der Waals surface area contributed by atoms with Crippen LogP contribution >= 0.6 is 7.26 Å². The van der Waals surface area contributed by atoms with Crippen LogP contribution in [0.25, 0.3) is 0 Å². The molecule has 0 aliphatic carbocycles. The van der Waals surface area contributed by atoms with Crippen molar-refractivity contribution in [2.24, 2.45) is 0 Å². The number of carbonyl (C=O) groups excluding carboxylic acids is 2. The molecule has 15 heteroatoms. The van der Waals surface area contributed by atoms with E-state index in [4.69, 9.17) is 43.2 Å². The molecule has 0 aromatic heterocycles. The van der Waals surface area contributed by atoms with Gasteiger partial charge in [-0.3, -0.25) is 9.59 Å². The van der Waals surface area contributed by atoms with Crippen LogP contribution in [0.5, 0.6) is 51.7 Å². The fraction of sp³-hybridized carbons (Fsp3) is 0.293. The average molecular weight is 787 g/mol. The first-order valence-corrected chi connectivity index (χ1v) is 19.1. The number of nitrogens with zero attached hydrogens (tertiary/aromatic N) is 1. The predicted octanol–water partition coefficient (Wildman–Crippen LogP) is 4.17. The number of hydrogen-bond donors (Lipinski definition) is 3. The smallest absolute Gasteiger partial charge is 0.258 e. The standard InChI is InChI=1S/C41H44N3O11P/c1-48-28-19-31(45)39(32(20-28)51-4)56(40-33(52-5)21-29(49-2)22-34(40)53-6,41-35(54-7)23-30(50-3)24-36(41)55-8)25-38(47)43-18-10-12-37(46)44-27-15-13-26(14-16-27)11-9-17-42/h13-16,19-24H,10,12,18,25H2,1-8H3,(H2-,43,44,45,46,47)/p+1. The molecule has 0 heterocycles. The van der Waals surface area contributed by atoms with E-state index in [9.17, 15) is 14.7 Å². The summed E-state index contributed by atoms with van der Waals surface area (Å²) in [6, 6.07) is 18.2. The number of anilines is 1. The van der Waals surface area contributed by atoms with E-state index in [0.717, 1.165) is 0 Å². The zero-order valence-corrected chi connectivity index (χ0v) is 33.4. The van der Waals surface area contributed by atoms with Gasteiger partial charge in [-0.2, -0.15) is 5.26 Å². The third-order valence-electron chi connectivity index (χ3n) is 8.72. The fourth-order valence-corrected chi connectivity index (χ4v) is 11.0. The number of benzene rings is 4. The van der Waals surface area contributed by atoms with Gasteiger partial charge in [0.1, 0.15) is 24.5 Å². The van der Waals surface area contributed by atoms with E-state index in [1.165, 1.54) is 62.9 Å². The molecular formula is C41H45N3O11P+. The number of nitrogens with one attached hydrogen (secondary N) is 2. The van der Waals surface area contributed by atoms with Crippen molar-refractivity contribution in [3.63, 3.8) is 0 Å². The summed E-state index contributed by atoms with van der Waals surface area (Å²) in [6.45, 7) is 0.133. The lowest BCUT2D eigenvalue weighted by molar-refractivity contribution is -0.119. The Balaban J connectivity index is 1.88. The molecule has 0 fully saturated rings. The molecule has 0 saturated heterocycles. The second kappa shape index (κ2) is 19.7. The van der Waals surface area contributed by atoms with Crippen LogP contribution in [-0.2, 0) is 9.59 Å². The Morgan fingerprint density at radius 2 is 1.09 bits per heavy atom. The molecule has 0 atom stereocenters. The number of rotatable bonds is 18. The molecule has 294 valence electrons. The molecule has 14 nitrogen and oxygen atoms in total. The van der Waals surface area contributed by atoms with Crippen LogP contribution < -0.4 is 64.4 Å². The fourth-order valence-electron chi connectivity index (χ4n) is 6.23. The molecule has 0 aliphatic rings. The third kappa shape index (κ3) is 9.23. The quantitative estimate of drug-likeness (QED) is 0.0748. The lowest BCUT2D eigenvalue weighted by Gasteiger charge is -2.32. The number of carbonyl (C=O) groups is 2. The zero-order valence-electron chi connectivity index (χ0n) is 32.5. The largest absolute Gasteiger partial charge is 0.504 e. The van der Waals surface area contributed by atoms with E-state index in [1.807, 2.05) is 0 Å². The molecule has 0 saturated carbocycles. The Bertz CT molecular complexity index is 2030. The summed E-state index contributed by atoms with van der Waals surface area (Å²) in [7, 11) is 8.11. The van der Waals surface area contributed by atoms with Crippen LogP contribution in [0.15, 0.2) is 60.7 Å². The van der Waals surface area contributed by atoms with E-state index in [1.54, 1.807) is 60.7 Å². The number of aromatic hydroxyl groups is 1.